The van der Waals surface area contributed by atoms with Crippen molar-refractivity contribution in [1.82, 2.24) is 29.4 Å². The summed E-state index contributed by atoms with van der Waals surface area (Å²) in [6.45, 7) is 6.10. The summed E-state index contributed by atoms with van der Waals surface area (Å²) in [5, 5.41) is 11.0. The van der Waals surface area contributed by atoms with Crippen LogP contribution in [-0.4, -0.2) is 53.2 Å². The topological polar surface area (TPSA) is 106 Å². The van der Waals surface area contributed by atoms with Gasteiger partial charge in [-0.25, -0.2) is 15.0 Å². The second-order valence-electron chi connectivity index (χ2n) is 7.21. The van der Waals surface area contributed by atoms with Crippen LogP contribution in [0.4, 0.5) is 5.82 Å². The number of hydrogen-bond donors (Lipinski definition) is 2. The van der Waals surface area contributed by atoms with Crippen LogP contribution in [0.3, 0.4) is 0 Å². The SMILES string of the molecule is Cc1cccc(CN2CC[C@@](C)(O)[C@H](n3cnc4c(N)ncnc43)C2)n1. The molecule has 3 aromatic heterocycles. The van der Waals surface area contributed by atoms with Gasteiger partial charge in [0, 0.05) is 25.3 Å². The third-order valence-corrected chi connectivity index (χ3v) is 5.14. The number of nitrogen functional groups attached to an aromatic ring is 1. The molecule has 1 aliphatic rings. The van der Waals surface area contributed by atoms with Gasteiger partial charge in [-0.15, -0.1) is 0 Å². The van der Waals surface area contributed by atoms with Crippen molar-refractivity contribution >= 4 is 17.0 Å². The Morgan fingerprint density at radius 2 is 2.15 bits per heavy atom. The molecule has 0 bridgehead atoms. The van der Waals surface area contributed by atoms with Crippen LogP contribution >= 0.6 is 0 Å². The highest BCUT2D eigenvalue weighted by Gasteiger charge is 2.39. The number of rotatable bonds is 3. The number of anilines is 1. The summed E-state index contributed by atoms with van der Waals surface area (Å²) in [6, 6.07) is 5.88. The second kappa shape index (κ2) is 6.30. The molecule has 1 aliphatic heterocycles. The van der Waals surface area contributed by atoms with Crippen molar-refractivity contribution in [2.75, 3.05) is 18.8 Å². The van der Waals surface area contributed by atoms with Gasteiger partial charge in [-0.2, -0.15) is 0 Å². The normalized spacial score (nSPS) is 24.2. The van der Waals surface area contributed by atoms with E-state index < -0.39 is 5.60 Å². The van der Waals surface area contributed by atoms with E-state index in [-0.39, 0.29) is 6.04 Å². The highest BCUT2D eigenvalue weighted by Crippen LogP contribution is 2.34. The third kappa shape index (κ3) is 3.02. The van der Waals surface area contributed by atoms with E-state index in [1.807, 2.05) is 36.6 Å². The predicted octanol–water partition coefficient (Wildman–Crippen LogP) is 1.31. The number of aryl methyl sites for hydroxylation is 1. The summed E-state index contributed by atoms with van der Waals surface area (Å²) in [6.07, 6.45) is 3.79. The molecule has 0 unspecified atom stereocenters. The molecule has 1 saturated heterocycles. The van der Waals surface area contributed by atoms with Gasteiger partial charge in [0.1, 0.15) is 11.8 Å². The number of aliphatic hydroxyl groups is 1. The van der Waals surface area contributed by atoms with Crippen LogP contribution in [-0.2, 0) is 6.54 Å². The van der Waals surface area contributed by atoms with E-state index >= 15 is 0 Å². The zero-order chi connectivity index (χ0) is 18.3. The number of pyridine rings is 1. The van der Waals surface area contributed by atoms with E-state index in [0.29, 0.717) is 29.9 Å². The summed E-state index contributed by atoms with van der Waals surface area (Å²) in [5.74, 6) is 0.352. The molecule has 0 amide bonds. The molecule has 0 aliphatic carbocycles. The van der Waals surface area contributed by atoms with Crippen LogP contribution < -0.4 is 5.73 Å². The minimum absolute atomic E-state index is 0.180. The molecule has 4 heterocycles. The van der Waals surface area contributed by atoms with Crippen LogP contribution in [0.15, 0.2) is 30.9 Å². The average molecular weight is 353 g/mol. The van der Waals surface area contributed by atoms with E-state index in [2.05, 4.69) is 24.8 Å². The maximum absolute atomic E-state index is 11.0. The lowest BCUT2D eigenvalue weighted by Crippen LogP contribution is -2.50. The number of aromatic nitrogens is 5. The average Bonchev–Trinajstić information content (AvgIpc) is 3.02. The van der Waals surface area contributed by atoms with Crippen LogP contribution in [0.2, 0.25) is 0 Å². The van der Waals surface area contributed by atoms with Crippen molar-refractivity contribution in [3.63, 3.8) is 0 Å². The second-order valence-corrected chi connectivity index (χ2v) is 7.21. The van der Waals surface area contributed by atoms with Crippen molar-refractivity contribution in [3.05, 3.63) is 42.2 Å². The van der Waals surface area contributed by atoms with E-state index in [9.17, 15) is 5.11 Å². The van der Waals surface area contributed by atoms with Crippen molar-refractivity contribution in [2.24, 2.45) is 0 Å². The van der Waals surface area contributed by atoms with Gasteiger partial charge in [0.2, 0.25) is 0 Å². The Hall–Kier alpha value is -2.58. The maximum atomic E-state index is 11.0. The van der Waals surface area contributed by atoms with Gasteiger partial charge in [0.15, 0.2) is 11.5 Å². The van der Waals surface area contributed by atoms with E-state index in [4.69, 9.17) is 5.73 Å². The lowest BCUT2D eigenvalue weighted by molar-refractivity contribution is -0.0518. The smallest absolute Gasteiger partial charge is 0.165 e. The fourth-order valence-corrected chi connectivity index (χ4v) is 3.63. The Morgan fingerprint density at radius 3 is 2.96 bits per heavy atom. The van der Waals surface area contributed by atoms with Crippen LogP contribution in [0.25, 0.3) is 11.2 Å². The van der Waals surface area contributed by atoms with Crippen molar-refractivity contribution < 1.29 is 5.11 Å². The summed E-state index contributed by atoms with van der Waals surface area (Å²) in [7, 11) is 0. The molecule has 0 saturated carbocycles. The first-order valence-electron chi connectivity index (χ1n) is 8.74. The van der Waals surface area contributed by atoms with Gasteiger partial charge in [-0.05, 0) is 32.4 Å². The van der Waals surface area contributed by atoms with Gasteiger partial charge in [0.25, 0.3) is 0 Å². The monoisotopic (exact) mass is 353 g/mol. The summed E-state index contributed by atoms with van der Waals surface area (Å²) in [5.41, 5.74) is 8.31. The first-order valence-corrected chi connectivity index (χ1v) is 8.74. The maximum Gasteiger partial charge on any atom is 0.165 e. The standard InChI is InChI=1S/C18H23N7O/c1-12-4-3-5-13(23-12)8-24-7-6-18(2,26)14(9-24)25-11-22-15-16(19)20-10-21-17(15)25/h3-5,10-11,14,26H,6-9H2,1-2H3,(H2,19,20,21)/t14-,18-/m1/s1. The van der Waals surface area contributed by atoms with Gasteiger partial charge >= 0.3 is 0 Å². The summed E-state index contributed by atoms with van der Waals surface area (Å²) in [4.78, 5) is 19.6. The van der Waals surface area contributed by atoms with Gasteiger partial charge < -0.3 is 15.4 Å². The number of nitrogens with zero attached hydrogens (tertiary/aromatic N) is 6. The Morgan fingerprint density at radius 1 is 1.31 bits per heavy atom. The van der Waals surface area contributed by atoms with Gasteiger partial charge in [-0.3, -0.25) is 9.88 Å². The molecule has 8 nitrogen and oxygen atoms in total. The zero-order valence-electron chi connectivity index (χ0n) is 15.0. The van der Waals surface area contributed by atoms with Gasteiger partial charge in [-0.1, -0.05) is 6.07 Å². The molecule has 3 N–H and O–H groups in total. The predicted molar refractivity (Wildman–Crippen MR) is 98.3 cm³/mol. The summed E-state index contributed by atoms with van der Waals surface area (Å²) >= 11 is 0. The molecule has 2 atom stereocenters. The number of fused-ring (bicyclic) bond motifs is 1. The Labute approximate surface area is 151 Å². The quantitative estimate of drug-likeness (QED) is 0.731. The van der Waals surface area contributed by atoms with Crippen molar-refractivity contribution in [2.45, 2.75) is 38.5 Å². The molecule has 136 valence electrons. The Balaban J connectivity index is 1.63. The lowest BCUT2D eigenvalue weighted by atomic mass is 9.88. The molecule has 0 aromatic carbocycles. The molecule has 8 heteroatoms. The first-order chi connectivity index (χ1) is 12.4. The molecule has 4 rings (SSSR count). The zero-order valence-corrected chi connectivity index (χ0v) is 15.0. The van der Waals surface area contributed by atoms with Gasteiger partial charge in [0.05, 0.1) is 23.7 Å². The van der Waals surface area contributed by atoms with Crippen molar-refractivity contribution in [1.29, 1.82) is 0 Å². The fourth-order valence-electron chi connectivity index (χ4n) is 3.63. The van der Waals surface area contributed by atoms with E-state index in [0.717, 1.165) is 24.5 Å². The minimum atomic E-state index is -0.857. The molecule has 26 heavy (non-hydrogen) atoms. The Kier molecular flexibility index (Phi) is 4.08. The molecule has 3 aromatic rings. The van der Waals surface area contributed by atoms with Crippen molar-refractivity contribution in [3.8, 4) is 0 Å². The number of piperidine rings is 1. The minimum Gasteiger partial charge on any atom is -0.388 e. The van der Waals surface area contributed by atoms with E-state index in [1.165, 1.54) is 6.33 Å². The molecule has 1 fully saturated rings. The number of likely N-dealkylation sites (tertiary alicyclic amines) is 1. The fraction of sp³-hybridized carbons (Fsp3) is 0.444. The summed E-state index contributed by atoms with van der Waals surface area (Å²) < 4.78 is 1.92. The van der Waals surface area contributed by atoms with E-state index in [1.54, 1.807) is 6.33 Å². The Bertz CT molecular complexity index is 936. The lowest BCUT2D eigenvalue weighted by Gasteiger charge is -2.43. The molecule has 0 spiro atoms. The number of hydrogen-bond acceptors (Lipinski definition) is 7. The molecular weight excluding hydrogens is 330 g/mol. The van der Waals surface area contributed by atoms with Crippen LogP contribution in [0.5, 0.6) is 0 Å². The first kappa shape index (κ1) is 16.9. The highest BCUT2D eigenvalue weighted by atomic mass is 16.3. The van der Waals surface area contributed by atoms with Crippen LogP contribution in [0, 0.1) is 6.92 Å². The molecule has 0 radical (unpaired) electrons. The number of nitrogens with two attached hydrogens (primary N) is 1. The third-order valence-electron chi connectivity index (χ3n) is 5.14. The largest absolute Gasteiger partial charge is 0.388 e. The van der Waals surface area contributed by atoms with Crippen LogP contribution in [0.1, 0.15) is 30.8 Å². The number of imidazole rings is 1. The highest BCUT2D eigenvalue weighted by molar-refractivity contribution is 5.81. The molecular formula is C18H23N7O.